The Balaban J connectivity index is 2.56. The molecule has 1 aliphatic heterocycles. The zero-order valence-corrected chi connectivity index (χ0v) is 7.16. The lowest BCUT2D eigenvalue weighted by Crippen LogP contribution is -2.20. The molecule has 0 spiro atoms. The minimum absolute atomic E-state index is 0.127. The number of nitrogen functional groups attached to an aromatic ring is 1. The lowest BCUT2D eigenvalue weighted by Gasteiger charge is -2.23. The van der Waals surface area contributed by atoms with E-state index in [9.17, 15) is 5.11 Å². The number of hydrogen-bond donors (Lipinski definition) is 3. The first kappa shape index (κ1) is 8.19. The number of nitrogens with two attached hydrogens (primary N) is 2. The molecule has 1 heterocycles. The highest BCUT2D eigenvalue weighted by molar-refractivity contribution is 5.57. The number of anilines is 1. The first-order valence-electron chi connectivity index (χ1n) is 4.19. The quantitative estimate of drug-likeness (QED) is 0.515. The molecule has 0 radical (unpaired) electrons. The molecule has 13 heavy (non-hydrogen) atoms. The van der Waals surface area contributed by atoms with Crippen molar-refractivity contribution < 1.29 is 9.84 Å². The number of phenolic OH excluding ortho intramolecular Hbond substituents is 1. The highest BCUT2D eigenvalue weighted by Gasteiger charge is 2.21. The summed E-state index contributed by atoms with van der Waals surface area (Å²) in [7, 11) is 0. The standard InChI is InChI=1S/C9H12N2O2/c10-5-3-7(12)9-6(11)1-2-13-8(9)4-5/h3-4,6,12H,1-2,10-11H2/t6-/m0/s1. The fraction of sp³-hybridized carbons (Fsp3) is 0.333. The molecule has 0 aliphatic carbocycles. The summed E-state index contributed by atoms with van der Waals surface area (Å²) in [4.78, 5) is 0. The van der Waals surface area contributed by atoms with Crippen LogP contribution in [-0.4, -0.2) is 11.7 Å². The molecule has 4 nitrogen and oxygen atoms in total. The van der Waals surface area contributed by atoms with Gasteiger partial charge in [0.1, 0.15) is 11.5 Å². The van der Waals surface area contributed by atoms with E-state index in [2.05, 4.69) is 0 Å². The van der Waals surface area contributed by atoms with Crippen LogP contribution in [0.15, 0.2) is 12.1 Å². The first-order chi connectivity index (χ1) is 6.18. The van der Waals surface area contributed by atoms with Crippen molar-refractivity contribution in [3.05, 3.63) is 17.7 Å². The molecule has 1 aliphatic rings. The van der Waals surface area contributed by atoms with Gasteiger partial charge in [-0.1, -0.05) is 0 Å². The molecule has 5 N–H and O–H groups in total. The van der Waals surface area contributed by atoms with E-state index in [4.69, 9.17) is 16.2 Å². The molecule has 1 aromatic carbocycles. The maximum Gasteiger partial charge on any atom is 0.129 e. The third-order valence-corrected chi connectivity index (χ3v) is 2.20. The van der Waals surface area contributed by atoms with E-state index >= 15 is 0 Å². The van der Waals surface area contributed by atoms with Gasteiger partial charge < -0.3 is 21.3 Å². The van der Waals surface area contributed by atoms with Crippen LogP contribution in [0.2, 0.25) is 0 Å². The Morgan fingerprint density at radius 3 is 3.00 bits per heavy atom. The van der Waals surface area contributed by atoms with Crippen molar-refractivity contribution in [3.63, 3.8) is 0 Å². The first-order valence-corrected chi connectivity index (χ1v) is 4.19. The van der Waals surface area contributed by atoms with Crippen LogP contribution in [0.4, 0.5) is 5.69 Å². The zero-order chi connectivity index (χ0) is 9.42. The molecule has 0 bridgehead atoms. The van der Waals surface area contributed by atoms with Gasteiger partial charge in [-0.15, -0.1) is 0 Å². The van der Waals surface area contributed by atoms with Crippen LogP contribution in [0.5, 0.6) is 11.5 Å². The fourth-order valence-electron chi connectivity index (χ4n) is 1.56. The van der Waals surface area contributed by atoms with Crippen molar-refractivity contribution in [2.45, 2.75) is 12.5 Å². The van der Waals surface area contributed by atoms with Gasteiger partial charge in [-0.25, -0.2) is 0 Å². The molecule has 2 rings (SSSR count). The van der Waals surface area contributed by atoms with Gasteiger partial charge in [-0.05, 0) is 0 Å². The Bertz CT molecular complexity index is 339. The van der Waals surface area contributed by atoms with Crippen LogP contribution in [0.1, 0.15) is 18.0 Å². The second-order valence-corrected chi connectivity index (χ2v) is 3.20. The summed E-state index contributed by atoms with van der Waals surface area (Å²) in [5.41, 5.74) is 12.5. The van der Waals surface area contributed by atoms with Crippen LogP contribution >= 0.6 is 0 Å². The Kier molecular flexibility index (Phi) is 1.77. The van der Waals surface area contributed by atoms with Gasteiger partial charge in [-0.2, -0.15) is 0 Å². The van der Waals surface area contributed by atoms with Gasteiger partial charge in [0, 0.05) is 30.3 Å². The van der Waals surface area contributed by atoms with Gasteiger partial charge >= 0.3 is 0 Å². The molecule has 0 fully saturated rings. The number of ether oxygens (including phenoxy) is 1. The lowest BCUT2D eigenvalue weighted by atomic mass is 10.00. The minimum Gasteiger partial charge on any atom is -0.507 e. The smallest absolute Gasteiger partial charge is 0.129 e. The largest absolute Gasteiger partial charge is 0.507 e. The maximum atomic E-state index is 9.57. The molecule has 0 saturated heterocycles. The second-order valence-electron chi connectivity index (χ2n) is 3.20. The van der Waals surface area contributed by atoms with Gasteiger partial charge in [0.15, 0.2) is 0 Å². The summed E-state index contributed by atoms with van der Waals surface area (Å²) in [6.45, 7) is 0.580. The predicted octanol–water partition coefficient (Wildman–Crippen LogP) is 0.757. The van der Waals surface area contributed by atoms with Gasteiger partial charge in [-0.3, -0.25) is 0 Å². The second kappa shape index (κ2) is 2.81. The Hall–Kier alpha value is -1.42. The molecule has 0 saturated carbocycles. The average molecular weight is 180 g/mol. The number of benzene rings is 1. The normalized spacial score (nSPS) is 20.5. The number of rotatable bonds is 0. The van der Waals surface area contributed by atoms with Crippen molar-refractivity contribution >= 4 is 5.69 Å². The van der Waals surface area contributed by atoms with E-state index in [1.807, 2.05) is 0 Å². The maximum absolute atomic E-state index is 9.57. The van der Waals surface area contributed by atoms with Crippen LogP contribution in [0.25, 0.3) is 0 Å². The predicted molar refractivity (Wildman–Crippen MR) is 49.6 cm³/mol. The van der Waals surface area contributed by atoms with Gasteiger partial charge in [0.05, 0.1) is 12.2 Å². The molecular weight excluding hydrogens is 168 g/mol. The minimum atomic E-state index is -0.149. The van der Waals surface area contributed by atoms with E-state index in [0.29, 0.717) is 23.6 Å². The molecule has 4 heteroatoms. The Morgan fingerprint density at radius 1 is 1.46 bits per heavy atom. The van der Waals surface area contributed by atoms with Crippen LogP contribution in [0, 0.1) is 0 Å². The summed E-state index contributed by atoms with van der Waals surface area (Å²) in [6, 6.07) is 3.03. The molecule has 1 atom stereocenters. The summed E-state index contributed by atoms with van der Waals surface area (Å²) < 4.78 is 5.34. The van der Waals surface area contributed by atoms with E-state index in [1.54, 1.807) is 6.07 Å². The third-order valence-electron chi connectivity index (χ3n) is 2.20. The van der Waals surface area contributed by atoms with E-state index in [-0.39, 0.29) is 11.8 Å². The van der Waals surface area contributed by atoms with E-state index in [1.165, 1.54) is 6.07 Å². The summed E-state index contributed by atoms with van der Waals surface area (Å²) in [6.07, 6.45) is 0.727. The van der Waals surface area contributed by atoms with Crippen LogP contribution < -0.4 is 16.2 Å². The van der Waals surface area contributed by atoms with Crippen LogP contribution in [0.3, 0.4) is 0 Å². The zero-order valence-electron chi connectivity index (χ0n) is 7.16. The molecule has 1 aromatic rings. The lowest BCUT2D eigenvalue weighted by molar-refractivity contribution is 0.264. The monoisotopic (exact) mass is 180 g/mol. The fourth-order valence-corrected chi connectivity index (χ4v) is 1.56. The van der Waals surface area contributed by atoms with Gasteiger partial charge in [0.25, 0.3) is 0 Å². The summed E-state index contributed by atoms with van der Waals surface area (Å²) in [5.74, 6) is 0.735. The number of hydrogen-bond acceptors (Lipinski definition) is 4. The summed E-state index contributed by atoms with van der Waals surface area (Å²) >= 11 is 0. The van der Waals surface area contributed by atoms with E-state index in [0.717, 1.165) is 6.42 Å². The van der Waals surface area contributed by atoms with Crippen molar-refractivity contribution in [1.82, 2.24) is 0 Å². The van der Waals surface area contributed by atoms with Crippen molar-refractivity contribution in [2.75, 3.05) is 12.3 Å². The average Bonchev–Trinajstić information content (AvgIpc) is 2.02. The van der Waals surface area contributed by atoms with Crippen molar-refractivity contribution in [3.8, 4) is 11.5 Å². The van der Waals surface area contributed by atoms with Crippen LogP contribution in [-0.2, 0) is 0 Å². The third kappa shape index (κ3) is 1.29. The topological polar surface area (TPSA) is 81.5 Å². The number of phenols is 1. The Labute approximate surface area is 76.1 Å². The van der Waals surface area contributed by atoms with Crippen molar-refractivity contribution in [1.29, 1.82) is 0 Å². The SMILES string of the molecule is Nc1cc(O)c2c(c1)OCC[C@@H]2N. The summed E-state index contributed by atoms with van der Waals surface area (Å²) in [5, 5.41) is 9.57. The molecular formula is C9H12N2O2. The highest BCUT2D eigenvalue weighted by atomic mass is 16.5. The number of aromatic hydroxyl groups is 1. The van der Waals surface area contributed by atoms with Crippen molar-refractivity contribution in [2.24, 2.45) is 5.73 Å². The molecule has 0 unspecified atom stereocenters. The molecule has 0 amide bonds. The number of fused-ring (bicyclic) bond motifs is 1. The Morgan fingerprint density at radius 2 is 2.23 bits per heavy atom. The van der Waals surface area contributed by atoms with E-state index < -0.39 is 0 Å². The highest BCUT2D eigenvalue weighted by Crippen LogP contribution is 2.38. The molecule has 0 aromatic heterocycles. The molecule has 70 valence electrons. The van der Waals surface area contributed by atoms with Gasteiger partial charge in [0.2, 0.25) is 0 Å².